The molecule has 0 aromatic carbocycles. The van der Waals surface area contributed by atoms with Crippen molar-refractivity contribution < 1.29 is 9.53 Å². The quantitative estimate of drug-likeness (QED) is 0.696. The van der Waals surface area contributed by atoms with Crippen molar-refractivity contribution in [2.24, 2.45) is 0 Å². The third-order valence-corrected chi connectivity index (χ3v) is 2.05. The predicted octanol–water partition coefficient (Wildman–Crippen LogP) is 1.66. The maximum atomic E-state index is 11.4. The number of nitrogens with one attached hydrogen (secondary N) is 1. The molecule has 2 heterocycles. The van der Waals surface area contributed by atoms with E-state index in [2.05, 4.69) is 14.7 Å². The number of pyridine rings is 1. The average molecular weight is 190 g/mol. The number of esters is 1. The van der Waals surface area contributed by atoms with Crippen molar-refractivity contribution in [2.45, 2.75) is 6.92 Å². The summed E-state index contributed by atoms with van der Waals surface area (Å²) in [6, 6.07) is 3.81. The fraction of sp³-hybridized carbons (Fsp3) is 0.200. The van der Waals surface area contributed by atoms with Gasteiger partial charge in [-0.05, 0) is 19.1 Å². The van der Waals surface area contributed by atoms with Crippen molar-refractivity contribution in [3.05, 3.63) is 29.7 Å². The lowest BCUT2D eigenvalue weighted by Crippen LogP contribution is -2.06. The number of ether oxygens (including phenoxy) is 1. The third kappa shape index (κ3) is 1.25. The zero-order valence-electron chi connectivity index (χ0n) is 8.00. The number of aryl methyl sites for hydroxylation is 1. The molecule has 0 fully saturated rings. The van der Waals surface area contributed by atoms with Gasteiger partial charge in [-0.25, -0.2) is 9.78 Å². The molecule has 0 aliphatic heterocycles. The minimum atomic E-state index is -0.416. The lowest BCUT2D eigenvalue weighted by atomic mass is 10.2. The first-order valence-corrected chi connectivity index (χ1v) is 4.25. The van der Waals surface area contributed by atoms with E-state index >= 15 is 0 Å². The second-order valence-electron chi connectivity index (χ2n) is 3.05. The topological polar surface area (TPSA) is 55.0 Å². The van der Waals surface area contributed by atoms with Crippen LogP contribution < -0.4 is 0 Å². The number of methoxy groups -OCH3 is 1. The molecule has 14 heavy (non-hydrogen) atoms. The van der Waals surface area contributed by atoms with E-state index in [9.17, 15) is 4.79 Å². The van der Waals surface area contributed by atoms with Crippen LogP contribution in [0.5, 0.6) is 0 Å². The van der Waals surface area contributed by atoms with Crippen LogP contribution in [0, 0.1) is 6.92 Å². The first-order chi connectivity index (χ1) is 6.72. The number of carbonyl (C=O) groups is 1. The molecular weight excluding hydrogens is 180 g/mol. The summed E-state index contributed by atoms with van der Waals surface area (Å²) in [5.41, 5.74) is 1.87. The Morgan fingerprint density at radius 2 is 2.36 bits per heavy atom. The van der Waals surface area contributed by atoms with Crippen LogP contribution in [0.1, 0.15) is 16.2 Å². The maximum Gasteiger partial charge on any atom is 0.358 e. The molecule has 0 aliphatic rings. The molecule has 4 nitrogen and oxygen atoms in total. The number of nitrogens with zero attached hydrogens (tertiary/aromatic N) is 1. The van der Waals surface area contributed by atoms with Gasteiger partial charge in [-0.1, -0.05) is 0 Å². The van der Waals surface area contributed by atoms with Crippen molar-refractivity contribution in [3.8, 4) is 0 Å². The number of aromatic amines is 1. The number of carbonyl (C=O) groups excluding carboxylic acids is 1. The fourth-order valence-corrected chi connectivity index (χ4v) is 1.44. The molecule has 0 saturated carbocycles. The molecule has 0 spiro atoms. The monoisotopic (exact) mass is 190 g/mol. The Kier molecular flexibility index (Phi) is 1.96. The second-order valence-corrected chi connectivity index (χ2v) is 3.05. The highest BCUT2D eigenvalue weighted by Crippen LogP contribution is 2.17. The fourth-order valence-electron chi connectivity index (χ4n) is 1.44. The van der Waals surface area contributed by atoms with Crippen LogP contribution >= 0.6 is 0 Å². The molecule has 4 heteroatoms. The van der Waals surface area contributed by atoms with Crippen LogP contribution in [-0.4, -0.2) is 23.0 Å². The van der Waals surface area contributed by atoms with Crippen molar-refractivity contribution in [2.75, 3.05) is 7.11 Å². The van der Waals surface area contributed by atoms with Gasteiger partial charge in [0.05, 0.1) is 12.6 Å². The SMILES string of the molecule is COC(=O)c1nc(C)cc2cc[nH]c12. The molecule has 0 saturated heterocycles. The van der Waals surface area contributed by atoms with Crippen LogP contribution in [0.3, 0.4) is 0 Å². The first kappa shape index (κ1) is 8.74. The van der Waals surface area contributed by atoms with Crippen molar-refractivity contribution in [1.29, 1.82) is 0 Å². The largest absolute Gasteiger partial charge is 0.464 e. The van der Waals surface area contributed by atoms with Crippen LogP contribution in [0.2, 0.25) is 0 Å². The molecule has 0 aliphatic carbocycles. The van der Waals surface area contributed by atoms with Crippen LogP contribution in [0.4, 0.5) is 0 Å². The van der Waals surface area contributed by atoms with Gasteiger partial charge in [-0.3, -0.25) is 0 Å². The lowest BCUT2D eigenvalue weighted by molar-refractivity contribution is 0.0596. The van der Waals surface area contributed by atoms with Crippen LogP contribution in [0.25, 0.3) is 10.9 Å². The highest BCUT2D eigenvalue weighted by Gasteiger charge is 2.13. The molecule has 2 rings (SSSR count). The number of H-pyrrole nitrogens is 1. The molecule has 0 bridgehead atoms. The van der Waals surface area contributed by atoms with Gasteiger partial charge in [0.2, 0.25) is 0 Å². The summed E-state index contributed by atoms with van der Waals surface area (Å²) in [7, 11) is 1.35. The Balaban J connectivity index is 2.72. The van der Waals surface area contributed by atoms with E-state index in [4.69, 9.17) is 0 Å². The van der Waals surface area contributed by atoms with Gasteiger partial charge in [-0.2, -0.15) is 0 Å². The Hall–Kier alpha value is -1.84. The lowest BCUT2D eigenvalue weighted by Gasteiger charge is -2.01. The van der Waals surface area contributed by atoms with Gasteiger partial charge in [0.1, 0.15) is 0 Å². The standard InChI is InChI=1S/C10H10N2O2/c1-6-5-7-3-4-11-8(7)9(12-6)10(13)14-2/h3-5,11H,1-2H3. The Bertz CT molecular complexity index is 488. The molecule has 0 unspecified atom stereocenters. The first-order valence-electron chi connectivity index (χ1n) is 4.25. The molecule has 0 amide bonds. The summed E-state index contributed by atoms with van der Waals surface area (Å²) in [4.78, 5) is 18.5. The van der Waals surface area contributed by atoms with E-state index < -0.39 is 5.97 Å². The summed E-state index contributed by atoms with van der Waals surface area (Å²) >= 11 is 0. The Labute approximate surface area is 80.9 Å². The molecular formula is C10H10N2O2. The number of fused-ring (bicyclic) bond motifs is 1. The van der Waals surface area contributed by atoms with Gasteiger partial charge in [-0.15, -0.1) is 0 Å². The van der Waals surface area contributed by atoms with Gasteiger partial charge in [0.15, 0.2) is 5.69 Å². The van der Waals surface area contributed by atoms with Crippen molar-refractivity contribution in [1.82, 2.24) is 9.97 Å². The summed E-state index contributed by atoms with van der Waals surface area (Å²) in [5.74, 6) is -0.416. The van der Waals surface area contributed by atoms with Gasteiger partial charge in [0, 0.05) is 17.3 Å². The van der Waals surface area contributed by atoms with Gasteiger partial charge >= 0.3 is 5.97 Å². The molecule has 2 aromatic rings. The van der Waals surface area contributed by atoms with E-state index in [1.165, 1.54) is 7.11 Å². The normalized spacial score (nSPS) is 10.4. The number of aromatic nitrogens is 2. The molecule has 0 atom stereocenters. The van der Waals surface area contributed by atoms with E-state index in [-0.39, 0.29) is 0 Å². The van der Waals surface area contributed by atoms with Crippen molar-refractivity contribution in [3.63, 3.8) is 0 Å². The predicted molar refractivity (Wildman–Crippen MR) is 52.2 cm³/mol. The van der Waals surface area contributed by atoms with E-state index in [0.29, 0.717) is 5.69 Å². The number of rotatable bonds is 1. The smallest absolute Gasteiger partial charge is 0.358 e. The molecule has 2 aromatic heterocycles. The average Bonchev–Trinajstić information content (AvgIpc) is 2.62. The van der Waals surface area contributed by atoms with Crippen LogP contribution in [-0.2, 0) is 4.74 Å². The van der Waals surface area contributed by atoms with E-state index in [1.54, 1.807) is 6.20 Å². The number of hydrogen-bond donors (Lipinski definition) is 1. The molecule has 1 N–H and O–H groups in total. The van der Waals surface area contributed by atoms with Crippen molar-refractivity contribution >= 4 is 16.9 Å². The van der Waals surface area contributed by atoms with Gasteiger partial charge in [0.25, 0.3) is 0 Å². The Morgan fingerprint density at radius 1 is 1.57 bits per heavy atom. The minimum Gasteiger partial charge on any atom is -0.464 e. The molecule has 72 valence electrons. The van der Waals surface area contributed by atoms with Crippen LogP contribution in [0.15, 0.2) is 18.3 Å². The summed E-state index contributed by atoms with van der Waals surface area (Å²) in [5, 5.41) is 0.970. The zero-order chi connectivity index (χ0) is 10.1. The second kappa shape index (κ2) is 3.14. The Morgan fingerprint density at radius 3 is 3.07 bits per heavy atom. The molecule has 0 radical (unpaired) electrons. The summed E-state index contributed by atoms with van der Waals surface area (Å²) in [6.07, 6.45) is 1.78. The van der Waals surface area contributed by atoms with E-state index in [1.807, 2.05) is 19.1 Å². The highest BCUT2D eigenvalue weighted by molar-refractivity contribution is 6.01. The zero-order valence-corrected chi connectivity index (χ0v) is 8.00. The number of hydrogen-bond acceptors (Lipinski definition) is 3. The van der Waals surface area contributed by atoms with Gasteiger partial charge < -0.3 is 9.72 Å². The summed E-state index contributed by atoms with van der Waals surface area (Å²) < 4.78 is 4.65. The highest BCUT2D eigenvalue weighted by atomic mass is 16.5. The minimum absolute atomic E-state index is 0.340. The maximum absolute atomic E-state index is 11.4. The summed E-state index contributed by atoms with van der Waals surface area (Å²) in [6.45, 7) is 1.85. The van der Waals surface area contributed by atoms with E-state index in [0.717, 1.165) is 16.6 Å². The third-order valence-electron chi connectivity index (χ3n) is 2.05.